The van der Waals surface area contributed by atoms with Crippen LogP contribution in [0.3, 0.4) is 0 Å². The maximum Gasteiger partial charge on any atom is 0.262 e. The Morgan fingerprint density at radius 2 is 1.74 bits per heavy atom. The van der Waals surface area contributed by atoms with Gasteiger partial charge in [0.2, 0.25) is 11.8 Å². The van der Waals surface area contributed by atoms with E-state index in [0.29, 0.717) is 45.5 Å². The van der Waals surface area contributed by atoms with Crippen molar-refractivity contribution >= 4 is 41.0 Å². The fourth-order valence-electron chi connectivity index (χ4n) is 9.96. The monoisotopic (exact) mass is 805 g/mol. The molecule has 304 valence electrons. The number of aromatic nitrogens is 1. The van der Waals surface area contributed by atoms with Crippen molar-refractivity contribution in [2.24, 2.45) is 5.92 Å². The second-order valence-corrected chi connectivity index (χ2v) is 17.3. The van der Waals surface area contributed by atoms with Crippen LogP contribution >= 0.6 is 11.6 Å². The fourth-order valence-corrected chi connectivity index (χ4v) is 10.2. The summed E-state index contributed by atoms with van der Waals surface area (Å²) in [5.41, 5.74) is 3.39. The number of piperazine rings is 1. The lowest BCUT2D eigenvalue weighted by atomic mass is 9.76. The van der Waals surface area contributed by atoms with Crippen LogP contribution in [0.5, 0.6) is 5.75 Å². The molecule has 2 aromatic carbocycles. The molecule has 0 bridgehead atoms. The number of amides is 4. The average molecular weight is 806 g/mol. The first kappa shape index (κ1) is 40.0. The Morgan fingerprint density at radius 3 is 2.45 bits per heavy atom. The highest BCUT2D eigenvalue weighted by atomic mass is 35.5. The summed E-state index contributed by atoms with van der Waals surface area (Å²) < 4.78 is 6.21. The van der Waals surface area contributed by atoms with Crippen LogP contribution < -0.4 is 15.0 Å². The number of anilines is 1. The van der Waals surface area contributed by atoms with Gasteiger partial charge in [-0.2, -0.15) is 5.26 Å². The molecule has 3 saturated heterocycles. The van der Waals surface area contributed by atoms with Crippen LogP contribution in [0.4, 0.5) is 5.82 Å². The largest absolute Gasteiger partial charge is 0.491 e. The summed E-state index contributed by atoms with van der Waals surface area (Å²) in [7, 11) is 0. The number of hydrogen-bond acceptors (Lipinski definition) is 10. The smallest absolute Gasteiger partial charge is 0.262 e. The number of nitriles is 1. The van der Waals surface area contributed by atoms with Gasteiger partial charge in [0.15, 0.2) is 0 Å². The number of imide groups is 2. The van der Waals surface area contributed by atoms with Gasteiger partial charge in [-0.1, -0.05) is 29.8 Å². The minimum atomic E-state index is -0.952. The lowest BCUT2D eigenvalue weighted by Gasteiger charge is -2.38. The number of hydrogen-bond donors (Lipinski definition) is 1. The molecule has 4 unspecified atom stereocenters. The first-order valence-electron chi connectivity index (χ1n) is 20.9. The number of ether oxygens (including phenoxy) is 1. The number of fused-ring (bicyclic) bond motifs is 1. The number of benzene rings is 2. The van der Waals surface area contributed by atoms with Gasteiger partial charge in [0, 0.05) is 70.0 Å². The molecule has 13 heteroatoms. The van der Waals surface area contributed by atoms with E-state index in [4.69, 9.17) is 21.3 Å². The quantitative estimate of drug-likeness (QED) is 0.219. The first-order valence-corrected chi connectivity index (χ1v) is 21.3. The zero-order valence-electron chi connectivity index (χ0n) is 33.4. The lowest BCUT2D eigenvalue weighted by Crippen LogP contribution is -2.54. The number of halogens is 1. The van der Waals surface area contributed by atoms with Crippen molar-refractivity contribution in [2.75, 3.05) is 37.6 Å². The van der Waals surface area contributed by atoms with Gasteiger partial charge in [-0.15, -0.1) is 0 Å². The number of carbonyl (C=O) groups excluding carboxylic acids is 4. The molecule has 4 amide bonds. The molecular formula is C45H52ClN7O5. The summed E-state index contributed by atoms with van der Waals surface area (Å²) in [5.74, 6) is 0.669. The van der Waals surface area contributed by atoms with Crippen LogP contribution in [0.25, 0.3) is 0 Å². The van der Waals surface area contributed by atoms with Gasteiger partial charge in [0.05, 0.1) is 27.8 Å². The average Bonchev–Trinajstić information content (AvgIpc) is 3.69. The van der Waals surface area contributed by atoms with Crippen molar-refractivity contribution in [3.63, 3.8) is 0 Å². The Kier molecular flexibility index (Phi) is 11.8. The molecule has 1 N–H and O–H groups in total. The SMILES string of the molecule is CC(CC1CCC(C)N1Cc1ccc(N2CCN(CC3CCC(c4cccc5c4C(=O)N(C4CCC(=O)NC4=O)C5=O)CC3)CC2)nc1)Oc1ccc(C#N)c(Cl)c1. The third-order valence-electron chi connectivity index (χ3n) is 13.1. The van der Waals surface area contributed by atoms with E-state index in [1.54, 1.807) is 18.2 Å². The lowest BCUT2D eigenvalue weighted by molar-refractivity contribution is -0.136. The Hall–Kier alpha value is -4.83. The van der Waals surface area contributed by atoms with Gasteiger partial charge in [-0.3, -0.25) is 39.2 Å². The predicted octanol–water partition coefficient (Wildman–Crippen LogP) is 6.31. The Bertz CT molecular complexity index is 2090. The van der Waals surface area contributed by atoms with Gasteiger partial charge < -0.3 is 9.64 Å². The number of pyridine rings is 1. The predicted molar refractivity (Wildman–Crippen MR) is 220 cm³/mol. The van der Waals surface area contributed by atoms with Gasteiger partial charge in [0.1, 0.15) is 23.7 Å². The van der Waals surface area contributed by atoms with Crippen LogP contribution in [0.2, 0.25) is 5.02 Å². The number of nitrogens with one attached hydrogen (secondary N) is 1. The first-order chi connectivity index (χ1) is 28.1. The number of nitrogens with zero attached hydrogens (tertiary/aromatic N) is 6. The zero-order chi connectivity index (χ0) is 40.5. The Balaban J connectivity index is 0.792. The molecule has 5 aliphatic rings. The summed E-state index contributed by atoms with van der Waals surface area (Å²) >= 11 is 6.23. The normalized spacial score (nSPS) is 26.1. The molecule has 0 radical (unpaired) electrons. The highest BCUT2D eigenvalue weighted by Crippen LogP contribution is 2.41. The number of carbonyl (C=O) groups is 4. The number of piperidine rings is 1. The van der Waals surface area contributed by atoms with Crippen molar-refractivity contribution in [1.29, 1.82) is 5.26 Å². The van der Waals surface area contributed by atoms with Crippen molar-refractivity contribution in [2.45, 2.75) is 108 Å². The third-order valence-corrected chi connectivity index (χ3v) is 13.4. The number of likely N-dealkylation sites (tertiary alicyclic amines) is 1. The molecule has 4 aliphatic heterocycles. The maximum atomic E-state index is 13.7. The van der Waals surface area contributed by atoms with E-state index in [1.807, 2.05) is 24.4 Å². The summed E-state index contributed by atoms with van der Waals surface area (Å²) in [5, 5.41) is 11.9. The van der Waals surface area contributed by atoms with Crippen molar-refractivity contribution < 1.29 is 23.9 Å². The molecule has 1 saturated carbocycles. The highest BCUT2D eigenvalue weighted by Gasteiger charge is 2.46. The maximum absolute atomic E-state index is 13.7. The molecule has 1 aromatic heterocycles. The van der Waals surface area contributed by atoms with Crippen LogP contribution in [0.1, 0.15) is 115 Å². The summed E-state index contributed by atoms with van der Waals surface area (Å²) in [4.78, 5) is 64.9. The van der Waals surface area contributed by atoms with Crippen molar-refractivity contribution in [3.8, 4) is 11.8 Å². The zero-order valence-corrected chi connectivity index (χ0v) is 34.1. The topological polar surface area (TPSA) is 139 Å². The van der Waals surface area contributed by atoms with Gasteiger partial charge in [-0.05, 0) is 112 Å². The molecule has 12 nitrogen and oxygen atoms in total. The van der Waals surface area contributed by atoms with Crippen LogP contribution in [-0.4, -0.2) is 100 Å². The van der Waals surface area contributed by atoms with E-state index in [2.05, 4.69) is 52.1 Å². The standard InChI is InChI=1S/C45H52ClN7O5/c1-28-6-13-34(22-29(2)58-35-14-12-33(24-47)38(46)23-35)52(28)27-31-9-16-40(48-25-31)51-20-18-50(19-21-51)26-30-7-10-32(11-8-30)36-4-3-5-37-42(36)45(57)53(44(37)56)39-15-17-41(54)49-43(39)55/h3-5,9,12,14,16,23,25,28-30,32,34,39H,6-8,10-11,13,15,17-22,26-27H2,1-2H3,(H,49,54,55). The molecule has 4 atom stereocenters. The molecular weight excluding hydrogens is 754 g/mol. The molecule has 58 heavy (non-hydrogen) atoms. The van der Waals surface area contributed by atoms with Crippen molar-refractivity contribution in [3.05, 3.63) is 87.6 Å². The van der Waals surface area contributed by atoms with E-state index in [1.165, 1.54) is 5.56 Å². The Labute approximate surface area is 345 Å². The van der Waals surface area contributed by atoms with E-state index in [9.17, 15) is 24.4 Å². The van der Waals surface area contributed by atoms with Crippen LogP contribution in [0.15, 0.2) is 54.7 Å². The minimum absolute atomic E-state index is 0.00721. The van der Waals surface area contributed by atoms with Gasteiger partial charge >= 0.3 is 0 Å². The summed E-state index contributed by atoms with van der Waals surface area (Å²) in [6, 6.07) is 17.2. The van der Waals surface area contributed by atoms with Crippen LogP contribution in [-0.2, 0) is 16.1 Å². The molecule has 1 aliphatic carbocycles. The summed E-state index contributed by atoms with van der Waals surface area (Å²) in [6.45, 7) is 10.2. The van der Waals surface area contributed by atoms with Gasteiger partial charge in [-0.25, -0.2) is 4.98 Å². The fraction of sp³-hybridized carbons (Fsp3) is 0.511. The number of rotatable bonds is 11. The Morgan fingerprint density at radius 1 is 0.948 bits per heavy atom. The minimum Gasteiger partial charge on any atom is -0.491 e. The van der Waals surface area contributed by atoms with E-state index in [0.717, 1.165) is 100 Å². The summed E-state index contributed by atoms with van der Waals surface area (Å²) in [6.07, 6.45) is 9.53. The molecule has 4 fully saturated rings. The van der Waals surface area contributed by atoms with Crippen molar-refractivity contribution in [1.82, 2.24) is 25.0 Å². The third kappa shape index (κ3) is 8.35. The second-order valence-electron chi connectivity index (χ2n) is 16.9. The van der Waals surface area contributed by atoms with E-state index in [-0.39, 0.29) is 30.8 Å². The van der Waals surface area contributed by atoms with Gasteiger partial charge in [0.25, 0.3) is 11.8 Å². The molecule has 5 heterocycles. The molecule has 3 aromatic rings. The van der Waals surface area contributed by atoms with E-state index < -0.39 is 23.8 Å². The molecule has 8 rings (SSSR count). The highest BCUT2D eigenvalue weighted by molar-refractivity contribution is 6.31. The van der Waals surface area contributed by atoms with Crippen LogP contribution in [0, 0.1) is 17.2 Å². The molecule has 0 spiro atoms. The van der Waals surface area contributed by atoms with E-state index >= 15 is 0 Å². The second kappa shape index (κ2) is 17.2.